The van der Waals surface area contributed by atoms with Crippen molar-refractivity contribution in [2.24, 2.45) is 0 Å². The molecular formula is C22H21ClN4OS2. The summed E-state index contributed by atoms with van der Waals surface area (Å²) >= 11 is 9.65. The lowest BCUT2D eigenvalue weighted by Gasteiger charge is -2.34. The van der Waals surface area contributed by atoms with Crippen molar-refractivity contribution < 1.29 is 0 Å². The summed E-state index contributed by atoms with van der Waals surface area (Å²) in [5, 5.41) is 5.37. The highest BCUT2D eigenvalue weighted by molar-refractivity contribution is 7.17. The average molecular weight is 457 g/mol. The zero-order valence-electron chi connectivity index (χ0n) is 16.3. The molecule has 30 heavy (non-hydrogen) atoms. The van der Waals surface area contributed by atoms with Gasteiger partial charge in [0.2, 0.25) is 0 Å². The van der Waals surface area contributed by atoms with Crippen molar-refractivity contribution in [3.05, 3.63) is 73.2 Å². The van der Waals surface area contributed by atoms with Crippen LogP contribution in [0, 0.1) is 0 Å². The molecular weight excluding hydrogens is 436 g/mol. The van der Waals surface area contributed by atoms with E-state index in [4.69, 9.17) is 16.6 Å². The summed E-state index contributed by atoms with van der Waals surface area (Å²) in [5.74, 6) is 0.728. The summed E-state index contributed by atoms with van der Waals surface area (Å²) < 4.78 is 0. The number of thiophene rings is 2. The molecule has 4 aromatic rings. The van der Waals surface area contributed by atoms with Crippen LogP contribution < -0.4 is 5.56 Å². The van der Waals surface area contributed by atoms with Crippen molar-refractivity contribution in [3.8, 4) is 11.1 Å². The predicted octanol–water partition coefficient (Wildman–Crippen LogP) is 4.68. The van der Waals surface area contributed by atoms with E-state index in [1.165, 1.54) is 16.2 Å². The molecule has 1 aromatic carbocycles. The fraction of sp³-hybridized carbons (Fsp3) is 0.273. The van der Waals surface area contributed by atoms with Gasteiger partial charge < -0.3 is 4.98 Å². The Bertz CT molecular complexity index is 1210. The van der Waals surface area contributed by atoms with E-state index in [1.54, 1.807) is 0 Å². The molecule has 0 bridgehead atoms. The number of aromatic amines is 1. The number of halogens is 1. The number of nitrogens with one attached hydrogen (secondary N) is 1. The SMILES string of the molecule is O=c1[nH]c(CN2CCN(Cc3cccs3)CC2)nc2scc(-c3ccccc3Cl)c12. The lowest BCUT2D eigenvalue weighted by molar-refractivity contribution is 0.120. The number of piperazine rings is 1. The number of nitrogens with zero attached hydrogens (tertiary/aromatic N) is 3. The van der Waals surface area contributed by atoms with Crippen LogP contribution in [-0.2, 0) is 13.1 Å². The minimum absolute atomic E-state index is 0.0949. The van der Waals surface area contributed by atoms with Gasteiger partial charge in [0.1, 0.15) is 10.7 Å². The highest BCUT2D eigenvalue weighted by Gasteiger charge is 2.20. The minimum atomic E-state index is -0.0949. The molecule has 8 heteroatoms. The molecule has 0 saturated carbocycles. The van der Waals surface area contributed by atoms with Crippen LogP contribution in [-0.4, -0.2) is 45.9 Å². The van der Waals surface area contributed by atoms with Gasteiger partial charge in [-0.25, -0.2) is 4.98 Å². The molecule has 5 rings (SSSR count). The van der Waals surface area contributed by atoms with Crippen molar-refractivity contribution in [2.75, 3.05) is 26.2 Å². The Kier molecular flexibility index (Phi) is 5.71. The van der Waals surface area contributed by atoms with Gasteiger partial charge in [0.15, 0.2) is 0 Å². The number of fused-ring (bicyclic) bond motifs is 1. The van der Waals surface area contributed by atoms with E-state index < -0.39 is 0 Å². The molecule has 1 aliphatic heterocycles. The second kappa shape index (κ2) is 8.61. The maximum Gasteiger partial charge on any atom is 0.260 e. The maximum absolute atomic E-state index is 12.9. The molecule has 0 aliphatic carbocycles. The molecule has 3 aromatic heterocycles. The van der Waals surface area contributed by atoms with Crippen molar-refractivity contribution in [3.63, 3.8) is 0 Å². The van der Waals surface area contributed by atoms with Gasteiger partial charge in [-0.2, -0.15) is 0 Å². The van der Waals surface area contributed by atoms with E-state index in [1.807, 2.05) is 41.0 Å². The van der Waals surface area contributed by atoms with E-state index >= 15 is 0 Å². The molecule has 1 saturated heterocycles. The zero-order chi connectivity index (χ0) is 20.5. The van der Waals surface area contributed by atoms with Crippen molar-refractivity contribution >= 4 is 44.5 Å². The minimum Gasteiger partial charge on any atom is -0.309 e. The Morgan fingerprint density at radius 1 is 0.967 bits per heavy atom. The van der Waals surface area contributed by atoms with Crippen LogP contribution >= 0.6 is 34.3 Å². The fourth-order valence-corrected chi connectivity index (χ4v) is 5.83. The van der Waals surface area contributed by atoms with Crippen LogP contribution in [0.15, 0.2) is 52.0 Å². The van der Waals surface area contributed by atoms with Crippen LogP contribution in [0.5, 0.6) is 0 Å². The molecule has 5 nitrogen and oxygen atoms in total. The highest BCUT2D eigenvalue weighted by Crippen LogP contribution is 2.34. The van der Waals surface area contributed by atoms with E-state index in [0.717, 1.165) is 54.5 Å². The lowest BCUT2D eigenvalue weighted by Crippen LogP contribution is -2.45. The van der Waals surface area contributed by atoms with Crippen LogP contribution in [0.1, 0.15) is 10.7 Å². The van der Waals surface area contributed by atoms with E-state index in [2.05, 4.69) is 32.3 Å². The van der Waals surface area contributed by atoms with Gasteiger partial charge in [-0.15, -0.1) is 22.7 Å². The molecule has 4 heterocycles. The first kappa shape index (κ1) is 19.9. The van der Waals surface area contributed by atoms with Gasteiger partial charge in [0.05, 0.1) is 11.9 Å². The van der Waals surface area contributed by atoms with Crippen molar-refractivity contribution in [1.29, 1.82) is 0 Å². The first-order valence-electron chi connectivity index (χ1n) is 9.90. The maximum atomic E-state index is 12.9. The third-order valence-electron chi connectivity index (χ3n) is 5.45. The summed E-state index contributed by atoms with van der Waals surface area (Å²) in [7, 11) is 0. The molecule has 0 spiro atoms. The Hall–Kier alpha value is -2.03. The van der Waals surface area contributed by atoms with Crippen molar-refractivity contribution in [1.82, 2.24) is 19.8 Å². The largest absolute Gasteiger partial charge is 0.309 e. The third-order valence-corrected chi connectivity index (χ3v) is 7.52. The highest BCUT2D eigenvalue weighted by atomic mass is 35.5. The Morgan fingerprint density at radius 2 is 1.73 bits per heavy atom. The van der Waals surface area contributed by atoms with Crippen LogP contribution in [0.4, 0.5) is 0 Å². The number of hydrogen-bond acceptors (Lipinski definition) is 6. The summed E-state index contributed by atoms with van der Waals surface area (Å²) in [4.78, 5) is 27.7. The van der Waals surface area contributed by atoms with Crippen LogP contribution in [0.25, 0.3) is 21.3 Å². The Balaban J connectivity index is 1.31. The van der Waals surface area contributed by atoms with E-state index in [0.29, 0.717) is 17.0 Å². The number of benzene rings is 1. The molecule has 154 valence electrons. The van der Waals surface area contributed by atoms with Crippen LogP contribution in [0.3, 0.4) is 0 Å². The topological polar surface area (TPSA) is 52.2 Å². The Labute approximate surface area is 187 Å². The number of aromatic nitrogens is 2. The molecule has 0 unspecified atom stereocenters. The number of hydrogen-bond donors (Lipinski definition) is 1. The smallest absolute Gasteiger partial charge is 0.260 e. The van der Waals surface area contributed by atoms with E-state index in [9.17, 15) is 4.79 Å². The van der Waals surface area contributed by atoms with Gasteiger partial charge in [-0.1, -0.05) is 35.9 Å². The quantitative estimate of drug-likeness (QED) is 0.473. The summed E-state index contributed by atoms with van der Waals surface area (Å²) in [6.07, 6.45) is 0. The fourth-order valence-electron chi connectivity index (χ4n) is 3.89. The van der Waals surface area contributed by atoms with Gasteiger partial charge in [0, 0.05) is 59.1 Å². The molecule has 1 fully saturated rings. The number of rotatable bonds is 5. The summed E-state index contributed by atoms with van der Waals surface area (Å²) in [5.41, 5.74) is 1.62. The van der Waals surface area contributed by atoms with Gasteiger partial charge in [-0.05, 0) is 17.5 Å². The normalized spacial score (nSPS) is 15.8. The molecule has 0 atom stereocenters. The summed E-state index contributed by atoms with van der Waals surface area (Å²) in [6, 6.07) is 11.9. The molecule has 0 amide bonds. The van der Waals surface area contributed by atoms with Crippen LogP contribution in [0.2, 0.25) is 5.02 Å². The summed E-state index contributed by atoms with van der Waals surface area (Å²) in [6.45, 7) is 5.69. The van der Waals surface area contributed by atoms with Gasteiger partial charge in [-0.3, -0.25) is 14.6 Å². The number of H-pyrrole nitrogens is 1. The lowest BCUT2D eigenvalue weighted by atomic mass is 10.1. The molecule has 0 radical (unpaired) electrons. The van der Waals surface area contributed by atoms with Gasteiger partial charge in [0.25, 0.3) is 5.56 Å². The Morgan fingerprint density at radius 3 is 2.47 bits per heavy atom. The standard InChI is InChI=1S/C22H21ClN4OS2/c23-18-6-2-1-5-16(18)17-14-30-22-20(17)21(28)24-19(25-22)13-27-9-7-26(8-10-27)12-15-4-3-11-29-15/h1-6,11,14H,7-10,12-13H2,(H,24,25,28). The third kappa shape index (κ3) is 4.08. The van der Waals surface area contributed by atoms with Gasteiger partial charge >= 0.3 is 0 Å². The van der Waals surface area contributed by atoms with E-state index in [-0.39, 0.29) is 5.56 Å². The first-order chi connectivity index (χ1) is 14.7. The zero-order valence-corrected chi connectivity index (χ0v) is 18.7. The molecule has 1 aliphatic rings. The monoisotopic (exact) mass is 456 g/mol. The average Bonchev–Trinajstić information content (AvgIpc) is 3.40. The molecule has 1 N–H and O–H groups in total. The first-order valence-corrected chi connectivity index (χ1v) is 12.0. The second-order valence-electron chi connectivity index (χ2n) is 7.45. The predicted molar refractivity (Wildman–Crippen MR) is 126 cm³/mol. The van der Waals surface area contributed by atoms with Crippen molar-refractivity contribution in [2.45, 2.75) is 13.1 Å². The second-order valence-corrected chi connectivity index (χ2v) is 9.75.